The molecule has 0 aromatic carbocycles. The zero-order chi connectivity index (χ0) is 18.3. The van der Waals surface area contributed by atoms with Gasteiger partial charge in [-0.15, -0.1) is 0 Å². The minimum Gasteiger partial charge on any atom is -0.354 e. The Labute approximate surface area is 154 Å². The molecule has 4 heterocycles. The molecule has 1 aromatic heterocycles. The van der Waals surface area contributed by atoms with E-state index < -0.39 is 0 Å². The van der Waals surface area contributed by atoms with E-state index in [0.29, 0.717) is 30.8 Å². The Morgan fingerprint density at radius 3 is 2.88 bits per heavy atom. The molecular weight excluding hydrogens is 330 g/mol. The summed E-state index contributed by atoms with van der Waals surface area (Å²) in [7, 11) is 1.99. The second kappa shape index (κ2) is 7.02. The van der Waals surface area contributed by atoms with Crippen LogP contribution in [0, 0.1) is 11.8 Å². The first kappa shape index (κ1) is 17.5. The number of hydrogen-bond acceptors (Lipinski definition) is 4. The minimum absolute atomic E-state index is 0.0179. The van der Waals surface area contributed by atoms with Gasteiger partial charge in [-0.25, -0.2) is 0 Å². The van der Waals surface area contributed by atoms with Crippen LogP contribution in [0.15, 0.2) is 12.3 Å². The molecule has 4 rings (SSSR count). The van der Waals surface area contributed by atoms with Crippen molar-refractivity contribution in [1.29, 1.82) is 0 Å². The molecule has 0 aliphatic carbocycles. The lowest BCUT2D eigenvalue weighted by Crippen LogP contribution is -2.67. The molecule has 0 spiro atoms. The van der Waals surface area contributed by atoms with Crippen molar-refractivity contribution in [2.45, 2.75) is 51.2 Å². The van der Waals surface area contributed by atoms with E-state index in [9.17, 15) is 9.59 Å². The van der Waals surface area contributed by atoms with Gasteiger partial charge in [-0.3, -0.25) is 19.2 Å². The van der Waals surface area contributed by atoms with Crippen LogP contribution in [0.1, 0.15) is 38.3 Å². The van der Waals surface area contributed by atoms with Crippen LogP contribution in [0.3, 0.4) is 0 Å². The summed E-state index contributed by atoms with van der Waals surface area (Å²) in [4.78, 5) is 28.8. The van der Waals surface area contributed by atoms with E-state index in [1.165, 1.54) is 12.1 Å². The number of rotatable bonds is 4. The smallest absolute Gasteiger partial charge is 0.223 e. The number of carbonyl (C=O) groups excluding carboxylic acids is 2. The summed E-state index contributed by atoms with van der Waals surface area (Å²) >= 11 is 0. The van der Waals surface area contributed by atoms with Gasteiger partial charge in [-0.2, -0.15) is 5.10 Å². The summed E-state index contributed by atoms with van der Waals surface area (Å²) in [5, 5.41) is 7.26. The lowest BCUT2D eigenvalue weighted by Gasteiger charge is -2.56. The highest BCUT2D eigenvalue weighted by Crippen LogP contribution is 2.41. The van der Waals surface area contributed by atoms with Gasteiger partial charge >= 0.3 is 0 Å². The zero-order valence-corrected chi connectivity index (χ0v) is 15.7. The number of aryl methyl sites for hydroxylation is 1. The van der Waals surface area contributed by atoms with Gasteiger partial charge in [-0.05, 0) is 37.2 Å². The van der Waals surface area contributed by atoms with Crippen molar-refractivity contribution in [1.82, 2.24) is 24.9 Å². The van der Waals surface area contributed by atoms with Crippen molar-refractivity contribution in [2.75, 3.05) is 19.6 Å². The third-order valence-electron chi connectivity index (χ3n) is 6.44. The average Bonchev–Trinajstić information content (AvgIpc) is 3.00. The molecule has 7 nitrogen and oxygen atoms in total. The number of piperidine rings is 3. The van der Waals surface area contributed by atoms with Gasteiger partial charge in [0.1, 0.15) is 0 Å². The minimum atomic E-state index is -0.0179. The fourth-order valence-corrected chi connectivity index (χ4v) is 5.30. The number of nitrogens with one attached hydrogen (secondary N) is 1. The Morgan fingerprint density at radius 2 is 2.15 bits per heavy atom. The molecule has 3 fully saturated rings. The molecule has 26 heavy (non-hydrogen) atoms. The van der Waals surface area contributed by atoms with E-state index in [-0.39, 0.29) is 17.9 Å². The topological polar surface area (TPSA) is 70.5 Å². The highest BCUT2D eigenvalue weighted by atomic mass is 16.2. The molecule has 3 aliphatic heterocycles. The first-order valence-corrected chi connectivity index (χ1v) is 9.77. The summed E-state index contributed by atoms with van der Waals surface area (Å²) in [5.74, 6) is 1.23. The number of hydrogen-bond donors (Lipinski definition) is 1. The summed E-state index contributed by atoms with van der Waals surface area (Å²) in [6, 6.07) is 2.54. The summed E-state index contributed by atoms with van der Waals surface area (Å²) in [6.07, 6.45) is 5.77. The predicted octanol–water partition coefficient (Wildman–Crippen LogP) is 0.758. The molecule has 2 bridgehead atoms. The second-order valence-electron chi connectivity index (χ2n) is 8.16. The van der Waals surface area contributed by atoms with Gasteiger partial charge in [0.2, 0.25) is 11.8 Å². The zero-order valence-electron chi connectivity index (χ0n) is 15.7. The number of aromatic nitrogens is 2. The van der Waals surface area contributed by atoms with Gasteiger partial charge in [0, 0.05) is 58.8 Å². The largest absolute Gasteiger partial charge is 0.354 e. The summed E-state index contributed by atoms with van der Waals surface area (Å²) in [5.41, 5.74) is 1.22. The molecule has 7 heteroatoms. The van der Waals surface area contributed by atoms with Gasteiger partial charge < -0.3 is 10.2 Å². The Bertz CT molecular complexity index is 687. The van der Waals surface area contributed by atoms with Gasteiger partial charge in [0.15, 0.2) is 0 Å². The number of likely N-dealkylation sites (tertiary alicyclic amines) is 1. The normalized spacial score (nSPS) is 31.6. The average molecular weight is 359 g/mol. The van der Waals surface area contributed by atoms with Crippen molar-refractivity contribution in [3.8, 4) is 0 Å². The maximum atomic E-state index is 12.7. The van der Waals surface area contributed by atoms with Crippen LogP contribution in [0.25, 0.3) is 0 Å². The number of carbonyl (C=O) groups is 2. The van der Waals surface area contributed by atoms with E-state index in [2.05, 4.69) is 26.3 Å². The van der Waals surface area contributed by atoms with Crippen molar-refractivity contribution in [2.24, 2.45) is 18.9 Å². The van der Waals surface area contributed by atoms with E-state index in [4.69, 9.17) is 0 Å². The first-order valence-electron chi connectivity index (χ1n) is 9.77. The van der Waals surface area contributed by atoms with Crippen LogP contribution in [-0.4, -0.2) is 63.1 Å². The molecule has 1 aromatic rings. The molecule has 0 radical (unpaired) electrons. The van der Waals surface area contributed by atoms with Crippen molar-refractivity contribution >= 4 is 11.8 Å². The highest BCUT2D eigenvalue weighted by molar-refractivity contribution is 5.78. The SMILES string of the molecule is CC(=O)NC[C@H]1[C@H]2C[C@H](CN(Cc3ccnn3C)C2)[C@@H]2CCCC(=O)N21. The number of amides is 2. The third kappa shape index (κ3) is 3.24. The Hall–Kier alpha value is -1.89. The van der Waals surface area contributed by atoms with Crippen LogP contribution in [0.2, 0.25) is 0 Å². The third-order valence-corrected chi connectivity index (χ3v) is 6.44. The van der Waals surface area contributed by atoms with E-state index >= 15 is 0 Å². The maximum absolute atomic E-state index is 12.7. The standard InChI is InChI=1S/C19H29N5O2/c1-13(25)20-9-18-15-8-14(17-4-3-5-19(26)24(17)18)10-23(11-15)12-16-6-7-21-22(16)2/h6-7,14-15,17-18H,3-5,8-12H2,1-2H3,(H,20,25)/t14-,15+,17+,18+/m1/s1. The van der Waals surface area contributed by atoms with Gasteiger partial charge in [0.25, 0.3) is 0 Å². The predicted molar refractivity (Wildman–Crippen MR) is 97.0 cm³/mol. The fraction of sp³-hybridized carbons (Fsp3) is 0.737. The quantitative estimate of drug-likeness (QED) is 0.862. The lowest BCUT2D eigenvalue weighted by molar-refractivity contribution is -0.153. The Balaban J connectivity index is 1.55. The molecular formula is C19H29N5O2. The monoisotopic (exact) mass is 359 g/mol. The van der Waals surface area contributed by atoms with Crippen molar-refractivity contribution in [3.63, 3.8) is 0 Å². The molecule has 4 atom stereocenters. The van der Waals surface area contributed by atoms with E-state index in [1.807, 2.05) is 17.9 Å². The van der Waals surface area contributed by atoms with Crippen molar-refractivity contribution in [3.05, 3.63) is 18.0 Å². The van der Waals surface area contributed by atoms with Crippen LogP contribution < -0.4 is 5.32 Å². The Morgan fingerprint density at radius 1 is 1.35 bits per heavy atom. The number of nitrogens with zero attached hydrogens (tertiary/aromatic N) is 4. The highest BCUT2D eigenvalue weighted by Gasteiger charge is 2.49. The molecule has 1 N–H and O–H groups in total. The van der Waals surface area contributed by atoms with Crippen LogP contribution >= 0.6 is 0 Å². The molecule has 0 unspecified atom stereocenters. The van der Waals surface area contributed by atoms with Crippen LogP contribution in [0.4, 0.5) is 0 Å². The van der Waals surface area contributed by atoms with E-state index in [0.717, 1.165) is 32.5 Å². The van der Waals surface area contributed by atoms with Crippen LogP contribution in [0.5, 0.6) is 0 Å². The molecule has 2 amide bonds. The van der Waals surface area contributed by atoms with Gasteiger partial charge in [0.05, 0.1) is 11.7 Å². The number of fused-ring (bicyclic) bond motifs is 4. The molecule has 142 valence electrons. The fourth-order valence-electron chi connectivity index (χ4n) is 5.30. The Kier molecular flexibility index (Phi) is 4.73. The summed E-state index contributed by atoms with van der Waals surface area (Å²) in [6.45, 7) is 5.05. The lowest BCUT2D eigenvalue weighted by atomic mass is 9.72. The van der Waals surface area contributed by atoms with E-state index in [1.54, 1.807) is 6.92 Å². The van der Waals surface area contributed by atoms with Crippen molar-refractivity contribution < 1.29 is 9.59 Å². The second-order valence-corrected chi connectivity index (χ2v) is 8.16. The maximum Gasteiger partial charge on any atom is 0.223 e. The molecule has 3 aliphatic rings. The first-order chi connectivity index (χ1) is 12.5. The van der Waals surface area contributed by atoms with Crippen LogP contribution in [-0.2, 0) is 23.2 Å². The molecule has 0 saturated carbocycles. The molecule has 3 saturated heterocycles. The summed E-state index contributed by atoms with van der Waals surface area (Å²) < 4.78 is 1.94. The van der Waals surface area contributed by atoms with Gasteiger partial charge in [-0.1, -0.05) is 0 Å².